The van der Waals surface area contributed by atoms with E-state index >= 15 is 0 Å². The van der Waals surface area contributed by atoms with Gasteiger partial charge in [-0.05, 0) is 53.6 Å². The second-order valence-corrected chi connectivity index (χ2v) is 9.51. The predicted molar refractivity (Wildman–Crippen MR) is 134 cm³/mol. The second kappa shape index (κ2) is 9.90. The average molecular weight is 509 g/mol. The maximum Gasteiger partial charge on any atom is 0.263 e. The van der Waals surface area contributed by atoms with Gasteiger partial charge in [0.05, 0.1) is 26.4 Å². The van der Waals surface area contributed by atoms with Crippen LogP contribution in [0.4, 0.5) is 8.78 Å². The summed E-state index contributed by atoms with van der Waals surface area (Å²) in [6.07, 6.45) is 7.13. The van der Waals surface area contributed by atoms with Gasteiger partial charge in [-0.25, -0.2) is 8.78 Å². The zero-order chi connectivity index (χ0) is 25.2. The summed E-state index contributed by atoms with van der Waals surface area (Å²) < 4.78 is 33.3. The van der Waals surface area contributed by atoms with E-state index in [1.54, 1.807) is 30.7 Å². The number of ether oxygens (including phenoxy) is 1. The van der Waals surface area contributed by atoms with Crippen molar-refractivity contribution in [3.05, 3.63) is 110 Å². The Labute approximate surface area is 209 Å². The van der Waals surface area contributed by atoms with E-state index in [4.69, 9.17) is 4.74 Å². The minimum atomic E-state index is -0.990. The van der Waals surface area contributed by atoms with Gasteiger partial charge < -0.3 is 19.9 Å². The Morgan fingerprint density at radius 2 is 2.08 bits per heavy atom. The number of fused-ring (bicyclic) bond motifs is 1. The van der Waals surface area contributed by atoms with Gasteiger partial charge >= 0.3 is 0 Å². The van der Waals surface area contributed by atoms with Crippen molar-refractivity contribution in [3.8, 4) is 0 Å². The Morgan fingerprint density at radius 1 is 1.22 bits per heavy atom. The van der Waals surface area contributed by atoms with Crippen LogP contribution in [0.1, 0.15) is 25.7 Å². The maximum absolute atomic E-state index is 13.5. The number of dihydropyridines is 1. The molecule has 0 spiro atoms. The molecule has 2 unspecified atom stereocenters. The molecule has 5 rings (SSSR count). The molecule has 184 valence electrons. The smallest absolute Gasteiger partial charge is 0.263 e. The predicted octanol–water partition coefficient (Wildman–Crippen LogP) is 3.67. The molecule has 2 atom stereocenters. The van der Waals surface area contributed by atoms with Crippen LogP contribution in [0.25, 0.3) is 5.57 Å². The highest BCUT2D eigenvalue weighted by atomic mass is 32.1. The standard InChI is InChI=1S/C26H22F2N4O3S/c1-35-16-10-19-20(13-30-24(19)29-11-16)23-7-5-17(36-23)12-31-25(33)18-3-2-8-32(26(18)34)14-15-4-6-21(27)22(28)9-15/h2-11,13,19,24,30H,12,14H2,1H3,(H,31,33). The minimum Gasteiger partial charge on any atom is -0.495 e. The van der Waals surface area contributed by atoms with Crippen LogP contribution in [0.2, 0.25) is 0 Å². The van der Waals surface area contributed by atoms with Crippen molar-refractivity contribution in [3.63, 3.8) is 0 Å². The van der Waals surface area contributed by atoms with Crippen LogP contribution in [0.3, 0.4) is 0 Å². The van der Waals surface area contributed by atoms with Gasteiger partial charge in [-0.1, -0.05) is 6.07 Å². The van der Waals surface area contributed by atoms with Gasteiger partial charge in [0.2, 0.25) is 0 Å². The van der Waals surface area contributed by atoms with Gasteiger partial charge in [0.1, 0.15) is 17.5 Å². The van der Waals surface area contributed by atoms with Crippen LogP contribution >= 0.6 is 11.3 Å². The molecule has 7 nitrogen and oxygen atoms in total. The van der Waals surface area contributed by atoms with E-state index in [-0.39, 0.29) is 30.7 Å². The molecule has 0 fully saturated rings. The van der Waals surface area contributed by atoms with Crippen LogP contribution in [-0.4, -0.2) is 30.0 Å². The molecule has 2 aliphatic rings. The molecule has 2 N–H and O–H groups in total. The van der Waals surface area contributed by atoms with E-state index in [1.165, 1.54) is 22.9 Å². The number of methoxy groups -OCH3 is 1. The largest absolute Gasteiger partial charge is 0.495 e. The summed E-state index contributed by atoms with van der Waals surface area (Å²) in [6.45, 7) is 0.271. The molecular formula is C26H22F2N4O3S. The van der Waals surface area contributed by atoms with Crippen LogP contribution in [0, 0.1) is 17.6 Å². The van der Waals surface area contributed by atoms with Crippen LogP contribution < -0.4 is 16.2 Å². The lowest BCUT2D eigenvalue weighted by Gasteiger charge is -2.20. The van der Waals surface area contributed by atoms with E-state index in [0.717, 1.165) is 27.5 Å². The summed E-state index contributed by atoms with van der Waals surface area (Å²) in [5.74, 6) is -1.68. The third kappa shape index (κ3) is 4.72. The lowest BCUT2D eigenvalue weighted by molar-refractivity contribution is 0.0949. The van der Waals surface area contributed by atoms with Crippen LogP contribution in [0.5, 0.6) is 0 Å². The summed E-state index contributed by atoms with van der Waals surface area (Å²) in [4.78, 5) is 32.1. The fraction of sp³-hybridized carbons (Fsp3) is 0.192. The van der Waals surface area contributed by atoms with Crippen molar-refractivity contribution in [2.75, 3.05) is 7.11 Å². The van der Waals surface area contributed by atoms with Crippen molar-refractivity contribution < 1.29 is 18.3 Å². The molecule has 2 aromatic heterocycles. The number of aromatic nitrogens is 1. The molecule has 0 saturated heterocycles. The highest BCUT2D eigenvalue weighted by Crippen LogP contribution is 2.37. The summed E-state index contributed by atoms with van der Waals surface area (Å²) in [7, 11) is 1.61. The fourth-order valence-electron chi connectivity index (χ4n) is 4.15. The Balaban J connectivity index is 1.25. The number of nitrogens with one attached hydrogen (secondary N) is 2. The normalized spacial score (nSPS) is 18.2. The van der Waals surface area contributed by atoms with Gasteiger partial charge in [-0.2, -0.15) is 0 Å². The van der Waals surface area contributed by atoms with Crippen molar-refractivity contribution in [2.45, 2.75) is 19.3 Å². The van der Waals surface area contributed by atoms with Gasteiger partial charge in [-0.15, -0.1) is 11.3 Å². The first-order valence-electron chi connectivity index (χ1n) is 11.2. The third-order valence-electron chi connectivity index (χ3n) is 6.02. The molecule has 0 saturated carbocycles. The first kappa shape index (κ1) is 23.7. The Bertz CT molecular complexity index is 1470. The third-order valence-corrected chi connectivity index (χ3v) is 7.16. The van der Waals surface area contributed by atoms with E-state index in [2.05, 4.69) is 15.6 Å². The van der Waals surface area contributed by atoms with E-state index in [0.29, 0.717) is 11.3 Å². The highest BCUT2D eigenvalue weighted by Gasteiger charge is 2.31. The Hall–Kier alpha value is -4.05. The number of allylic oxidation sites excluding steroid dienone is 1. The number of carbonyl (C=O) groups excluding carboxylic acids is 1. The quantitative estimate of drug-likeness (QED) is 0.510. The SMILES string of the molecule is COC1=CC2C(c3ccc(CNC(=O)c4cccn(Cc5ccc(F)c(F)c5)c4=O)s3)=CNC2N=C1. The van der Waals surface area contributed by atoms with Gasteiger partial charge in [-0.3, -0.25) is 14.6 Å². The minimum absolute atomic E-state index is 0.0139. The van der Waals surface area contributed by atoms with Crippen molar-refractivity contribution in [1.29, 1.82) is 0 Å². The molecule has 4 heterocycles. The Morgan fingerprint density at radius 3 is 2.89 bits per heavy atom. The summed E-state index contributed by atoms with van der Waals surface area (Å²) in [6, 6.07) is 10.4. The molecule has 1 amide bonds. The van der Waals surface area contributed by atoms with Crippen LogP contribution in [0.15, 0.2) is 76.5 Å². The average Bonchev–Trinajstić information content (AvgIpc) is 3.52. The molecule has 36 heavy (non-hydrogen) atoms. The molecule has 10 heteroatoms. The van der Waals surface area contributed by atoms with E-state index in [1.807, 2.05) is 24.4 Å². The number of amides is 1. The molecule has 0 aliphatic carbocycles. The number of benzene rings is 1. The van der Waals surface area contributed by atoms with E-state index < -0.39 is 23.1 Å². The summed E-state index contributed by atoms with van der Waals surface area (Å²) in [5.41, 5.74) is 0.962. The summed E-state index contributed by atoms with van der Waals surface area (Å²) in [5, 5.41) is 6.07. The first-order valence-corrected chi connectivity index (χ1v) is 12.0. The molecule has 2 aliphatic heterocycles. The lowest BCUT2D eigenvalue weighted by Crippen LogP contribution is -2.32. The zero-order valence-corrected chi connectivity index (χ0v) is 20.0. The van der Waals surface area contributed by atoms with Crippen molar-refractivity contribution >= 4 is 29.0 Å². The Kier molecular flexibility index (Phi) is 6.51. The molecule has 3 aromatic rings. The first-order chi connectivity index (χ1) is 17.4. The fourth-order valence-corrected chi connectivity index (χ4v) is 5.16. The number of halogens is 2. The van der Waals surface area contributed by atoms with Crippen LogP contribution in [-0.2, 0) is 17.8 Å². The number of aliphatic imine (C=N–C) groups is 1. The summed E-state index contributed by atoms with van der Waals surface area (Å²) >= 11 is 1.55. The molecular weight excluding hydrogens is 486 g/mol. The van der Waals surface area contributed by atoms with Gasteiger partial charge in [0.15, 0.2) is 11.6 Å². The van der Waals surface area contributed by atoms with Crippen molar-refractivity contribution in [1.82, 2.24) is 15.2 Å². The van der Waals surface area contributed by atoms with Crippen molar-refractivity contribution in [2.24, 2.45) is 10.9 Å². The topological polar surface area (TPSA) is 84.7 Å². The molecule has 0 bridgehead atoms. The van der Waals surface area contributed by atoms with Gasteiger partial charge in [0.25, 0.3) is 11.5 Å². The van der Waals surface area contributed by atoms with E-state index in [9.17, 15) is 18.4 Å². The zero-order valence-electron chi connectivity index (χ0n) is 19.2. The lowest BCUT2D eigenvalue weighted by atomic mass is 9.96. The maximum atomic E-state index is 13.5. The second-order valence-electron chi connectivity index (χ2n) is 8.34. The van der Waals surface area contributed by atoms with Gasteiger partial charge in [0, 0.05) is 28.1 Å². The number of rotatable bonds is 7. The highest BCUT2D eigenvalue weighted by molar-refractivity contribution is 7.13. The number of thiophene rings is 1. The number of pyridine rings is 1. The molecule has 0 radical (unpaired) electrons. The number of hydrogen-bond donors (Lipinski definition) is 2. The number of hydrogen-bond acceptors (Lipinski definition) is 6. The molecule has 1 aromatic carbocycles. The number of nitrogens with zero attached hydrogens (tertiary/aromatic N) is 2. The monoisotopic (exact) mass is 508 g/mol. The number of carbonyl (C=O) groups is 1.